The molecular formula is C16H23O9P. The van der Waals surface area contributed by atoms with Gasteiger partial charge in [-0.15, -0.1) is 0 Å². The molecule has 1 aromatic heterocycles. The average Bonchev–Trinajstić information content (AvgIpc) is 3.05. The van der Waals surface area contributed by atoms with Crippen LogP contribution < -0.4 is 0 Å². The van der Waals surface area contributed by atoms with Crippen molar-refractivity contribution in [2.45, 2.75) is 33.4 Å². The van der Waals surface area contributed by atoms with Crippen molar-refractivity contribution in [3.8, 4) is 0 Å². The van der Waals surface area contributed by atoms with Crippen LogP contribution in [0.25, 0.3) is 0 Å². The van der Waals surface area contributed by atoms with E-state index in [2.05, 4.69) is 0 Å². The van der Waals surface area contributed by atoms with Gasteiger partial charge in [-0.05, 0) is 33.8 Å². The van der Waals surface area contributed by atoms with Crippen LogP contribution in [0, 0.1) is 0 Å². The van der Waals surface area contributed by atoms with Gasteiger partial charge in [0.15, 0.2) is 5.66 Å². The van der Waals surface area contributed by atoms with E-state index in [1.54, 1.807) is 20.8 Å². The van der Waals surface area contributed by atoms with Crippen molar-refractivity contribution in [1.82, 2.24) is 0 Å². The highest BCUT2D eigenvalue weighted by atomic mass is 31.2. The van der Waals surface area contributed by atoms with Crippen molar-refractivity contribution in [3.05, 3.63) is 23.7 Å². The van der Waals surface area contributed by atoms with E-state index in [-0.39, 0.29) is 37.8 Å². The molecule has 1 aromatic rings. The minimum Gasteiger partial charge on any atom is -0.467 e. The predicted octanol–water partition coefficient (Wildman–Crippen LogP) is 2.90. The average molecular weight is 390 g/mol. The molecule has 0 saturated heterocycles. The standard InChI is InChI=1S/C16H23O9P/c1-5-21-15(18)11-9-12(23-10-11)14(13(17)16(19)22-6-2)26(20,24-7-3)25-8-4/h9-10,14H,5-8H2,1-4H3. The minimum absolute atomic E-state index is 0.00283. The van der Waals surface area contributed by atoms with Gasteiger partial charge in [-0.3, -0.25) is 9.36 Å². The highest BCUT2D eigenvalue weighted by Gasteiger charge is 2.48. The molecule has 1 rings (SSSR count). The van der Waals surface area contributed by atoms with Crippen LogP contribution in [0.15, 0.2) is 16.7 Å². The Balaban J connectivity index is 3.36. The Morgan fingerprint density at radius 1 is 1.00 bits per heavy atom. The van der Waals surface area contributed by atoms with Crippen LogP contribution in [0.1, 0.15) is 49.5 Å². The first-order chi connectivity index (χ1) is 12.3. The van der Waals surface area contributed by atoms with Crippen molar-refractivity contribution >= 4 is 25.3 Å². The van der Waals surface area contributed by atoms with Gasteiger partial charge in [-0.2, -0.15) is 0 Å². The fraction of sp³-hybridized carbons (Fsp3) is 0.562. The first-order valence-electron chi connectivity index (χ1n) is 8.19. The predicted molar refractivity (Wildman–Crippen MR) is 89.9 cm³/mol. The summed E-state index contributed by atoms with van der Waals surface area (Å²) >= 11 is 0. The molecule has 0 fully saturated rings. The molecule has 0 spiro atoms. The number of rotatable bonds is 11. The van der Waals surface area contributed by atoms with Crippen LogP contribution in [0.4, 0.5) is 0 Å². The van der Waals surface area contributed by atoms with Crippen LogP contribution in [0.5, 0.6) is 0 Å². The molecule has 0 aromatic carbocycles. The van der Waals surface area contributed by atoms with Crippen molar-refractivity contribution in [2.24, 2.45) is 0 Å². The molecule has 1 atom stereocenters. The summed E-state index contributed by atoms with van der Waals surface area (Å²) in [6.07, 6.45) is 1.04. The van der Waals surface area contributed by atoms with Crippen LogP contribution in [0.2, 0.25) is 0 Å². The van der Waals surface area contributed by atoms with Gasteiger partial charge in [0.1, 0.15) is 12.0 Å². The third-order valence-electron chi connectivity index (χ3n) is 3.06. The van der Waals surface area contributed by atoms with Gasteiger partial charge in [0.25, 0.3) is 5.78 Å². The lowest BCUT2D eigenvalue weighted by Crippen LogP contribution is -2.26. The van der Waals surface area contributed by atoms with Gasteiger partial charge in [0.05, 0.1) is 32.0 Å². The Kier molecular flexibility index (Phi) is 8.71. The topological polar surface area (TPSA) is 118 Å². The Labute approximate surface area is 151 Å². The number of carbonyl (C=O) groups excluding carboxylic acids is 3. The van der Waals surface area contributed by atoms with E-state index in [4.69, 9.17) is 22.9 Å². The van der Waals surface area contributed by atoms with Crippen molar-refractivity contribution in [1.29, 1.82) is 0 Å². The third kappa shape index (κ3) is 5.27. The number of carbonyl (C=O) groups is 3. The Morgan fingerprint density at radius 3 is 2.08 bits per heavy atom. The normalized spacial score (nSPS) is 12.5. The Hall–Kier alpha value is -1.96. The Morgan fingerprint density at radius 2 is 1.58 bits per heavy atom. The summed E-state index contributed by atoms with van der Waals surface area (Å²) in [7, 11) is -4.11. The number of ether oxygens (including phenoxy) is 2. The lowest BCUT2D eigenvalue weighted by Gasteiger charge is -2.23. The number of hydrogen-bond acceptors (Lipinski definition) is 9. The van der Waals surface area contributed by atoms with Crippen LogP contribution in [0.3, 0.4) is 0 Å². The third-order valence-corrected chi connectivity index (χ3v) is 5.42. The molecule has 0 aliphatic heterocycles. The molecule has 0 aliphatic carbocycles. The second-order valence-electron chi connectivity index (χ2n) is 4.82. The molecule has 1 heterocycles. The Bertz CT molecular complexity index is 669. The highest BCUT2D eigenvalue weighted by molar-refractivity contribution is 7.55. The molecule has 0 radical (unpaired) electrons. The molecule has 146 valence electrons. The number of furan rings is 1. The van der Waals surface area contributed by atoms with Crippen LogP contribution in [-0.4, -0.2) is 44.1 Å². The van der Waals surface area contributed by atoms with Gasteiger partial charge in [0.2, 0.25) is 0 Å². The lowest BCUT2D eigenvalue weighted by molar-refractivity contribution is -0.153. The van der Waals surface area contributed by atoms with E-state index in [1.165, 1.54) is 13.0 Å². The van der Waals surface area contributed by atoms with E-state index < -0.39 is 31.0 Å². The summed E-state index contributed by atoms with van der Waals surface area (Å²) in [6.45, 7) is 6.30. The number of hydrogen-bond donors (Lipinski definition) is 0. The molecule has 10 heteroatoms. The summed E-state index contributed by atoms with van der Waals surface area (Å²) in [5.41, 5.74) is -1.69. The zero-order valence-electron chi connectivity index (χ0n) is 15.2. The first-order valence-corrected chi connectivity index (χ1v) is 9.80. The van der Waals surface area contributed by atoms with E-state index in [1.807, 2.05) is 0 Å². The lowest BCUT2D eigenvalue weighted by atomic mass is 10.2. The molecule has 1 unspecified atom stereocenters. The highest BCUT2D eigenvalue weighted by Crippen LogP contribution is 2.61. The molecule has 0 amide bonds. The molecule has 26 heavy (non-hydrogen) atoms. The summed E-state index contributed by atoms with van der Waals surface area (Å²) in [4.78, 5) is 36.3. The maximum absolute atomic E-state index is 13.1. The van der Waals surface area contributed by atoms with Gasteiger partial charge in [0, 0.05) is 0 Å². The quantitative estimate of drug-likeness (QED) is 0.319. The summed E-state index contributed by atoms with van der Waals surface area (Å²) in [5.74, 6) is -3.25. The van der Waals surface area contributed by atoms with Crippen molar-refractivity contribution < 1.29 is 41.9 Å². The zero-order valence-corrected chi connectivity index (χ0v) is 16.1. The number of esters is 2. The van der Waals surface area contributed by atoms with E-state index in [9.17, 15) is 18.9 Å². The first kappa shape index (κ1) is 22.1. The summed E-state index contributed by atoms with van der Waals surface area (Å²) in [6, 6.07) is 1.17. The molecule has 0 N–H and O–H groups in total. The summed E-state index contributed by atoms with van der Waals surface area (Å²) in [5, 5.41) is 0. The molecule has 0 aliphatic rings. The van der Waals surface area contributed by atoms with Crippen LogP contribution in [-0.2, 0) is 32.7 Å². The van der Waals surface area contributed by atoms with E-state index in [0.29, 0.717) is 0 Å². The fourth-order valence-electron chi connectivity index (χ4n) is 2.11. The maximum Gasteiger partial charge on any atom is 0.376 e. The molecule has 9 nitrogen and oxygen atoms in total. The molecule has 0 bridgehead atoms. The fourth-order valence-corrected chi connectivity index (χ4v) is 4.04. The van der Waals surface area contributed by atoms with E-state index >= 15 is 0 Å². The number of Topliss-reactive ketones (excluding diaryl/α,β-unsaturated/α-hetero) is 1. The van der Waals surface area contributed by atoms with Crippen LogP contribution >= 0.6 is 7.60 Å². The largest absolute Gasteiger partial charge is 0.467 e. The second kappa shape index (κ2) is 10.3. The smallest absolute Gasteiger partial charge is 0.376 e. The van der Waals surface area contributed by atoms with Gasteiger partial charge in [-0.1, -0.05) is 0 Å². The van der Waals surface area contributed by atoms with Crippen molar-refractivity contribution in [2.75, 3.05) is 26.4 Å². The van der Waals surface area contributed by atoms with Crippen molar-refractivity contribution in [3.63, 3.8) is 0 Å². The van der Waals surface area contributed by atoms with Gasteiger partial charge >= 0.3 is 19.5 Å². The number of ketones is 1. The maximum atomic E-state index is 13.1. The van der Waals surface area contributed by atoms with Gasteiger partial charge in [-0.25, -0.2) is 9.59 Å². The summed E-state index contributed by atoms with van der Waals surface area (Å²) < 4.78 is 38.2. The molecule has 0 saturated carbocycles. The zero-order chi connectivity index (χ0) is 19.7. The van der Waals surface area contributed by atoms with E-state index in [0.717, 1.165) is 6.26 Å². The molecular weight excluding hydrogens is 367 g/mol. The minimum atomic E-state index is -4.11. The monoisotopic (exact) mass is 390 g/mol. The van der Waals surface area contributed by atoms with Gasteiger partial charge < -0.3 is 22.9 Å². The SMILES string of the molecule is CCOC(=O)C(=O)C(c1cc(C(=O)OCC)co1)P(=O)(OCC)OCC. The second-order valence-corrected chi connectivity index (χ2v) is 6.93.